The summed E-state index contributed by atoms with van der Waals surface area (Å²) >= 11 is 0. The van der Waals surface area contributed by atoms with E-state index in [0.29, 0.717) is 5.41 Å². The number of rotatable bonds is 4. The van der Waals surface area contributed by atoms with Crippen molar-refractivity contribution in [3.05, 3.63) is 0 Å². The fraction of sp³-hybridized carbons (Fsp3) is 1.00. The molecule has 0 amide bonds. The standard InChI is InChI=1S/C12H25N3/c1-11(2,9-12(13)3-4-12)10-15-7-5-14-6-8-15/h14H,3-10,13H2,1-2H3. The molecule has 2 rings (SSSR count). The topological polar surface area (TPSA) is 41.3 Å². The van der Waals surface area contributed by atoms with E-state index < -0.39 is 0 Å². The lowest BCUT2D eigenvalue weighted by atomic mass is 9.84. The molecule has 3 N–H and O–H groups in total. The molecule has 2 aliphatic rings. The second kappa shape index (κ2) is 4.04. The van der Waals surface area contributed by atoms with Gasteiger partial charge in [-0.25, -0.2) is 0 Å². The minimum absolute atomic E-state index is 0.192. The Morgan fingerprint density at radius 3 is 2.40 bits per heavy atom. The van der Waals surface area contributed by atoms with E-state index >= 15 is 0 Å². The summed E-state index contributed by atoms with van der Waals surface area (Å²) in [6.45, 7) is 10.6. The summed E-state index contributed by atoms with van der Waals surface area (Å²) in [5, 5.41) is 3.39. The molecule has 0 aromatic heterocycles. The zero-order valence-corrected chi connectivity index (χ0v) is 10.2. The Bertz CT molecular complexity index is 215. The number of piperazine rings is 1. The first-order valence-electron chi connectivity index (χ1n) is 6.21. The van der Waals surface area contributed by atoms with E-state index in [2.05, 4.69) is 24.1 Å². The van der Waals surface area contributed by atoms with Crippen molar-refractivity contribution >= 4 is 0 Å². The molecule has 0 radical (unpaired) electrons. The van der Waals surface area contributed by atoms with Gasteiger partial charge in [0.25, 0.3) is 0 Å². The monoisotopic (exact) mass is 211 g/mol. The molecular formula is C12H25N3. The van der Waals surface area contributed by atoms with Crippen molar-refractivity contribution in [2.24, 2.45) is 11.1 Å². The molecule has 0 spiro atoms. The van der Waals surface area contributed by atoms with Crippen molar-refractivity contribution in [2.75, 3.05) is 32.7 Å². The van der Waals surface area contributed by atoms with Gasteiger partial charge >= 0.3 is 0 Å². The molecule has 88 valence electrons. The average molecular weight is 211 g/mol. The highest BCUT2D eigenvalue weighted by molar-refractivity contribution is 5.02. The number of nitrogens with zero attached hydrogens (tertiary/aromatic N) is 1. The maximum Gasteiger partial charge on any atom is 0.0161 e. The van der Waals surface area contributed by atoms with E-state index in [4.69, 9.17) is 5.73 Å². The van der Waals surface area contributed by atoms with Crippen LogP contribution in [0.25, 0.3) is 0 Å². The zero-order valence-electron chi connectivity index (χ0n) is 10.2. The summed E-state index contributed by atoms with van der Waals surface area (Å²) < 4.78 is 0. The molecule has 3 nitrogen and oxygen atoms in total. The van der Waals surface area contributed by atoms with Crippen LogP contribution in [0, 0.1) is 5.41 Å². The summed E-state index contributed by atoms with van der Waals surface area (Å²) in [4.78, 5) is 2.57. The van der Waals surface area contributed by atoms with E-state index in [1.54, 1.807) is 0 Å². The minimum atomic E-state index is 0.192. The Morgan fingerprint density at radius 2 is 1.87 bits per heavy atom. The Kier molecular flexibility index (Phi) is 3.06. The lowest BCUT2D eigenvalue weighted by Gasteiger charge is -2.36. The van der Waals surface area contributed by atoms with Gasteiger partial charge in [0, 0.05) is 38.3 Å². The molecule has 1 saturated heterocycles. The van der Waals surface area contributed by atoms with Crippen LogP contribution in [0.15, 0.2) is 0 Å². The first kappa shape index (κ1) is 11.4. The quantitative estimate of drug-likeness (QED) is 0.723. The van der Waals surface area contributed by atoms with Gasteiger partial charge in [-0.05, 0) is 24.7 Å². The third kappa shape index (κ3) is 3.44. The molecule has 0 atom stereocenters. The van der Waals surface area contributed by atoms with Gasteiger partial charge < -0.3 is 16.0 Å². The molecule has 15 heavy (non-hydrogen) atoms. The maximum absolute atomic E-state index is 6.21. The van der Waals surface area contributed by atoms with Crippen molar-refractivity contribution < 1.29 is 0 Å². The van der Waals surface area contributed by atoms with Crippen LogP contribution in [0.3, 0.4) is 0 Å². The number of nitrogens with two attached hydrogens (primary N) is 1. The largest absolute Gasteiger partial charge is 0.325 e. The predicted molar refractivity (Wildman–Crippen MR) is 63.9 cm³/mol. The van der Waals surface area contributed by atoms with E-state index in [9.17, 15) is 0 Å². The number of hydrogen-bond donors (Lipinski definition) is 2. The van der Waals surface area contributed by atoms with E-state index in [-0.39, 0.29) is 5.54 Å². The minimum Gasteiger partial charge on any atom is -0.325 e. The van der Waals surface area contributed by atoms with Crippen LogP contribution in [-0.4, -0.2) is 43.2 Å². The van der Waals surface area contributed by atoms with Gasteiger partial charge in [-0.2, -0.15) is 0 Å². The molecule has 0 aromatic rings. The van der Waals surface area contributed by atoms with Gasteiger partial charge in [-0.3, -0.25) is 0 Å². The Hall–Kier alpha value is -0.120. The lowest BCUT2D eigenvalue weighted by Crippen LogP contribution is -2.48. The molecule has 3 heteroatoms. The van der Waals surface area contributed by atoms with Crippen LogP contribution in [0.4, 0.5) is 0 Å². The summed E-state index contributed by atoms with van der Waals surface area (Å²) in [6, 6.07) is 0. The zero-order chi connectivity index (χ0) is 10.9. The molecule has 2 fully saturated rings. The highest BCUT2D eigenvalue weighted by Gasteiger charge is 2.42. The smallest absolute Gasteiger partial charge is 0.0161 e. The normalized spacial score (nSPS) is 26.6. The Morgan fingerprint density at radius 1 is 1.27 bits per heavy atom. The van der Waals surface area contributed by atoms with Gasteiger partial charge in [0.05, 0.1) is 0 Å². The maximum atomic E-state index is 6.21. The molecule has 0 bridgehead atoms. The van der Waals surface area contributed by atoms with Gasteiger partial charge in [0.2, 0.25) is 0 Å². The number of nitrogens with one attached hydrogen (secondary N) is 1. The molecule has 1 saturated carbocycles. The van der Waals surface area contributed by atoms with E-state index in [1.807, 2.05) is 0 Å². The summed E-state index contributed by atoms with van der Waals surface area (Å²) in [6.07, 6.45) is 3.65. The third-order valence-electron chi connectivity index (χ3n) is 3.58. The SMILES string of the molecule is CC(C)(CN1CCNCC1)CC1(N)CC1. The first-order valence-corrected chi connectivity index (χ1v) is 6.21. The summed E-state index contributed by atoms with van der Waals surface area (Å²) in [5.41, 5.74) is 6.78. The Labute approximate surface area is 93.4 Å². The molecule has 1 heterocycles. The van der Waals surface area contributed by atoms with Gasteiger partial charge in [-0.1, -0.05) is 13.8 Å². The van der Waals surface area contributed by atoms with Gasteiger partial charge in [0.1, 0.15) is 0 Å². The molecular weight excluding hydrogens is 186 g/mol. The third-order valence-corrected chi connectivity index (χ3v) is 3.58. The molecule has 0 aromatic carbocycles. The predicted octanol–water partition coefficient (Wildman–Crippen LogP) is 0.799. The highest BCUT2D eigenvalue weighted by atomic mass is 15.2. The fourth-order valence-corrected chi connectivity index (χ4v) is 2.82. The summed E-state index contributed by atoms with van der Waals surface area (Å²) in [5.74, 6) is 0. The molecule has 0 unspecified atom stereocenters. The number of hydrogen-bond acceptors (Lipinski definition) is 3. The van der Waals surface area contributed by atoms with Gasteiger partial charge in [-0.15, -0.1) is 0 Å². The van der Waals surface area contributed by atoms with Crippen molar-refractivity contribution in [3.8, 4) is 0 Å². The highest BCUT2D eigenvalue weighted by Crippen LogP contribution is 2.42. The summed E-state index contributed by atoms with van der Waals surface area (Å²) in [7, 11) is 0. The second-order valence-corrected chi connectivity index (χ2v) is 6.23. The Balaban J connectivity index is 1.80. The van der Waals surface area contributed by atoms with Gasteiger partial charge in [0.15, 0.2) is 0 Å². The molecule has 1 aliphatic heterocycles. The van der Waals surface area contributed by atoms with Crippen molar-refractivity contribution in [3.63, 3.8) is 0 Å². The fourth-order valence-electron chi connectivity index (χ4n) is 2.82. The lowest BCUT2D eigenvalue weighted by molar-refractivity contribution is 0.144. The van der Waals surface area contributed by atoms with Crippen molar-refractivity contribution in [1.82, 2.24) is 10.2 Å². The van der Waals surface area contributed by atoms with Crippen molar-refractivity contribution in [1.29, 1.82) is 0 Å². The second-order valence-electron chi connectivity index (χ2n) is 6.23. The molecule has 1 aliphatic carbocycles. The van der Waals surface area contributed by atoms with Crippen LogP contribution >= 0.6 is 0 Å². The van der Waals surface area contributed by atoms with Crippen LogP contribution in [0.5, 0.6) is 0 Å². The van der Waals surface area contributed by atoms with Crippen LogP contribution in [0.1, 0.15) is 33.1 Å². The van der Waals surface area contributed by atoms with E-state index in [0.717, 1.165) is 13.1 Å². The average Bonchev–Trinajstić information content (AvgIpc) is 2.82. The van der Waals surface area contributed by atoms with E-state index in [1.165, 1.54) is 38.9 Å². The van der Waals surface area contributed by atoms with Crippen molar-refractivity contribution in [2.45, 2.75) is 38.6 Å². The van der Waals surface area contributed by atoms with Crippen LogP contribution < -0.4 is 11.1 Å². The van der Waals surface area contributed by atoms with Crippen LogP contribution in [-0.2, 0) is 0 Å². The first-order chi connectivity index (χ1) is 6.99. The van der Waals surface area contributed by atoms with Crippen LogP contribution in [0.2, 0.25) is 0 Å².